The average Bonchev–Trinajstić information content (AvgIpc) is 2.96. The molecule has 0 radical (unpaired) electrons. The Morgan fingerprint density at radius 1 is 0.955 bits per heavy atom. The molecule has 0 amide bonds. The number of ketones is 2. The molecule has 5 aliphatic rings. The van der Waals surface area contributed by atoms with Crippen LogP contribution in [0.3, 0.4) is 0 Å². The van der Waals surface area contributed by atoms with Crippen molar-refractivity contribution < 1.29 is 19.1 Å². The summed E-state index contributed by atoms with van der Waals surface area (Å²) < 4.78 is 5.69. The van der Waals surface area contributed by atoms with Gasteiger partial charge in [-0.05, 0) is 103 Å². The molecular weight excluding hydrogens is 546 g/mol. The fraction of sp³-hybridized carbons (Fsp3) is 0.641. The van der Waals surface area contributed by atoms with Crippen molar-refractivity contribution in [2.24, 2.45) is 50.2 Å². The number of nitriles is 1. The molecule has 0 heterocycles. The first kappa shape index (κ1) is 31.0. The average molecular weight is 596 g/mol. The molecule has 0 N–H and O–H groups in total. The monoisotopic (exact) mass is 595 g/mol. The number of carbonyl (C=O) groups is 3. The van der Waals surface area contributed by atoms with Crippen molar-refractivity contribution in [3.05, 3.63) is 53.6 Å². The Bertz CT molecular complexity index is 1510. The third-order valence-corrected chi connectivity index (χ3v) is 13.8. The second-order valence-electron chi connectivity index (χ2n) is 16.9. The van der Waals surface area contributed by atoms with Gasteiger partial charge in [-0.15, -0.1) is 0 Å². The first-order valence-electron chi connectivity index (χ1n) is 16.7. The molecule has 1 aromatic rings. The van der Waals surface area contributed by atoms with Crippen molar-refractivity contribution in [1.82, 2.24) is 0 Å². The van der Waals surface area contributed by atoms with Crippen molar-refractivity contribution in [2.75, 3.05) is 0 Å². The van der Waals surface area contributed by atoms with Crippen molar-refractivity contribution >= 4 is 17.5 Å². The van der Waals surface area contributed by atoms with E-state index in [-0.39, 0.29) is 62.5 Å². The lowest BCUT2D eigenvalue weighted by Crippen LogP contribution is -2.64. The molecule has 0 aliphatic heterocycles. The van der Waals surface area contributed by atoms with Crippen LogP contribution in [0.2, 0.25) is 0 Å². The van der Waals surface area contributed by atoms with Gasteiger partial charge in [-0.2, -0.15) is 5.26 Å². The fourth-order valence-electron chi connectivity index (χ4n) is 11.2. The smallest absolute Gasteiger partial charge is 0.311 e. The van der Waals surface area contributed by atoms with E-state index in [1.165, 1.54) is 0 Å². The molecule has 6 rings (SSSR count). The number of allylic oxidation sites excluding steroid dienone is 4. The molecule has 0 aromatic heterocycles. The largest absolute Gasteiger partial charge is 0.427 e. The number of rotatable bonds is 4. The van der Waals surface area contributed by atoms with Gasteiger partial charge in [-0.1, -0.05) is 78.3 Å². The van der Waals surface area contributed by atoms with Gasteiger partial charge < -0.3 is 4.74 Å². The lowest BCUT2D eigenvalue weighted by atomic mass is 9.34. The van der Waals surface area contributed by atoms with Gasteiger partial charge in [0.05, 0.1) is 5.57 Å². The summed E-state index contributed by atoms with van der Waals surface area (Å²) in [7, 11) is 0. The quantitative estimate of drug-likeness (QED) is 0.257. The normalized spacial score (nSPS) is 40.2. The van der Waals surface area contributed by atoms with Crippen LogP contribution in [0.4, 0.5) is 0 Å². The number of carbonyl (C=O) groups excluding carboxylic acids is 3. The summed E-state index contributed by atoms with van der Waals surface area (Å²) in [5.74, 6) is 0.624. The first-order valence-corrected chi connectivity index (χ1v) is 16.7. The van der Waals surface area contributed by atoms with E-state index < -0.39 is 10.8 Å². The van der Waals surface area contributed by atoms with Crippen LogP contribution in [0.1, 0.15) is 106 Å². The molecule has 1 unspecified atom stereocenters. The number of hydrogen-bond acceptors (Lipinski definition) is 5. The van der Waals surface area contributed by atoms with Crippen LogP contribution in [-0.4, -0.2) is 17.5 Å². The Hall–Kier alpha value is -3.00. The third kappa shape index (κ3) is 4.33. The lowest BCUT2D eigenvalue weighted by Gasteiger charge is -2.69. The van der Waals surface area contributed by atoms with Crippen LogP contribution >= 0.6 is 0 Å². The molecule has 0 spiro atoms. The molecule has 44 heavy (non-hydrogen) atoms. The number of benzene rings is 1. The van der Waals surface area contributed by atoms with Gasteiger partial charge in [0.15, 0.2) is 11.6 Å². The van der Waals surface area contributed by atoms with Gasteiger partial charge in [0.2, 0.25) is 0 Å². The van der Waals surface area contributed by atoms with E-state index in [4.69, 9.17) is 4.74 Å². The minimum atomic E-state index is -0.666. The highest BCUT2D eigenvalue weighted by Gasteiger charge is 2.69. The minimum Gasteiger partial charge on any atom is -0.427 e. The number of ether oxygens (including phenoxy) is 1. The summed E-state index contributed by atoms with van der Waals surface area (Å²) in [5.41, 5.74) is -0.248. The summed E-state index contributed by atoms with van der Waals surface area (Å²) in [6, 6.07) is 11.5. The molecule has 234 valence electrons. The van der Waals surface area contributed by atoms with Gasteiger partial charge in [0.1, 0.15) is 11.8 Å². The highest BCUT2D eigenvalue weighted by molar-refractivity contribution is 6.04. The van der Waals surface area contributed by atoms with Gasteiger partial charge >= 0.3 is 5.97 Å². The second kappa shape index (κ2) is 10.0. The predicted molar refractivity (Wildman–Crippen MR) is 170 cm³/mol. The van der Waals surface area contributed by atoms with E-state index in [0.29, 0.717) is 12.2 Å². The Labute approximate surface area is 263 Å². The van der Waals surface area contributed by atoms with Crippen molar-refractivity contribution in [1.29, 1.82) is 5.26 Å². The van der Waals surface area contributed by atoms with E-state index in [2.05, 4.69) is 40.7 Å². The summed E-state index contributed by atoms with van der Waals surface area (Å²) >= 11 is 0. The summed E-state index contributed by atoms with van der Waals surface area (Å²) in [5, 5.41) is 9.97. The highest BCUT2D eigenvalue weighted by Crippen LogP contribution is 2.75. The Morgan fingerprint density at radius 3 is 2.32 bits per heavy atom. The molecule has 3 fully saturated rings. The molecular formula is C39H49NO4. The third-order valence-electron chi connectivity index (χ3n) is 13.8. The SMILES string of the molecule is CC1(C)CC[C@]2(CCC(=O)Oc3ccccc3)CC[C@]3(C)C(C(=O)C=C4[C@@]5(C)C=C(C#N)C(=O)C(C)(C)[C@@H]5CC[C@]43C)[C@H]2C1. The summed E-state index contributed by atoms with van der Waals surface area (Å²) in [6.45, 7) is 15.6. The molecule has 5 aliphatic carbocycles. The number of fused-ring (bicyclic) bond motifs is 7. The standard InChI is InChI=1S/C39H49NO4/c1-34(2)17-19-39(16-14-31(42)44-26-11-9-8-10-12-26)20-18-38(7)32(27(39)23-34)28(41)21-30-36(5)22-25(24-40)33(43)35(3,4)29(36)13-15-37(30,38)6/h8-12,21-22,27,29,32H,13-20,23H2,1-7H3/t27-,29+,32?,36+,37-,38-,39-/m1/s1. The van der Waals surface area contributed by atoms with Gasteiger partial charge in [-0.3, -0.25) is 14.4 Å². The Morgan fingerprint density at radius 2 is 1.64 bits per heavy atom. The van der Waals surface area contributed by atoms with Crippen LogP contribution in [0, 0.1) is 61.6 Å². The molecule has 5 nitrogen and oxygen atoms in total. The molecule has 1 aromatic carbocycles. The van der Waals surface area contributed by atoms with E-state index in [1.807, 2.05) is 56.3 Å². The molecule has 7 atom stereocenters. The second-order valence-corrected chi connectivity index (χ2v) is 16.9. The maximum atomic E-state index is 14.7. The number of Topliss-reactive ketones (excluding diaryl/α,β-unsaturated/α-hetero) is 1. The summed E-state index contributed by atoms with van der Waals surface area (Å²) in [4.78, 5) is 41.1. The fourth-order valence-corrected chi connectivity index (χ4v) is 11.2. The van der Waals surface area contributed by atoms with Crippen molar-refractivity contribution in [3.63, 3.8) is 0 Å². The maximum Gasteiger partial charge on any atom is 0.311 e. The number of hydrogen-bond donors (Lipinski definition) is 0. The Kier molecular flexibility index (Phi) is 7.05. The van der Waals surface area contributed by atoms with Crippen LogP contribution in [-0.2, 0) is 14.4 Å². The highest BCUT2D eigenvalue weighted by atomic mass is 16.5. The van der Waals surface area contributed by atoms with Gasteiger partial charge in [0.25, 0.3) is 0 Å². The molecule has 0 saturated heterocycles. The van der Waals surface area contributed by atoms with Crippen molar-refractivity contribution in [3.8, 4) is 11.8 Å². The molecule has 0 bridgehead atoms. The van der Waals surface area contributed by atoms with E-state index in [9.17, 15) is 19.6 Å². The summed E-state index contributed by atoms with van der Waals surface area (Å²) in [6.07, 6.45) is 11.8. The van der Waals surface area contributed by atoms with E-state index in [1.54, 1.807) is 0 Å². The van der Waals surface area contributed by atoms with Crippen LogP contribution in [0.15, 0.2) is 53.6 Å². The first-order chi connectivity index (χ1) is 20.5. The zero-order valence-electron chi connectivity index (χ0n) is 27.7. The van der Waals surface area contributed by atoms with Crippen LogP contribution < -0.4 is 4.74 Å². The van der Waals surface area contributed by atoms with Crippen LogP contribution in [0.5, 0.6) is 5.75 Å². The number of para-hydroxylation sites is 1. The number of esters is 1. The zero-order chi connectivity index (χ0) is 31.9. The van der Waals surface area contributed by atoms with Crippen LogP contribution in [0.25, 0.3) is 0 Å². The van der Waals surface area contributed by atoms with Gasteiger partial charge in [0, 0.05) is 23.2 Å². The maximum absolute atomic E-state index is 14.7. The van der Waals surface area contributed by atoms with E-state index in [0.717, 1.165) is 56.9 Å². The lowest BCUT2D eigenvalue weighted by molar-refractivity contribution is -0.173. The van der Waals surface area contributed by atoms with E-state index >= 15 is 0 Å². The number of nitrogens with zero attached hydrogens (tertiary/aromatic N) is 1. The van der Waals surface area contributed by atoms with Gasteiger partial charge in [-0.25, -0.2) is 0 Å². The molecule has 5 heteroatoms. The zero-order valence-corrected chi connectivity index (χ0v) is 27.7. The predicted octanol–water partition coefficient (Wildman–Crippen LogP) is 8.59. The minimum absolute atomic E-state index is 0.0406. The Balaban J connectivity index is 1.39. The molecule has 3 saturated carbocycles. The van der Waals surface area contributed by atoms with Crippen molar-refractivity contribution in [2.45, 2.75) is 106 Å². The topological polar surface area (TPSA) is 84.2 Å².